The van der Waals surface area contributed by atoms with Gasteiger partial charge in [-0.1, -0.05) is 0 Å². The summed E-state index contributed by atoms with van der Waals surface area (Å²) in [5.74, 6) is -0.905. The second-order valence-electron chi connectivity index (χ2n) is 8.14. The second-order valence-corrected chi connectivity index (χ2v) is 9.35. The number of benzene rings is 1. The lowest BCUT2D eigenvalue weighted by molar-refractivity contribution is -0.121. The number of fused-ring (bicyclic) bond motifs is 1. The van der Waals surface area contributed by atoms with E-state index in [-0.39, 0.29) is 43.0 Å². The van der Waals surface area contributed by atoms with E-state index in [0.717, 1.165) is 10.6 Å². The van der Waals surface area contributed by atoms with E-state index in [4.69, 9.17) is 10.00 Å². The number of methoxy groups -OCH3 is 1. The maximum atomic E-state index is 14.2. The van der Waals surface area contributed by atoms with Crippen LogP contribution in [0.15, 0.2) is 26.6 Å². The molecule has 0 aliphatic carbocycles. The number of halogens is 1. The Kier molecular flexibility index (Phi) is 6.75. The van der Waals surface area contributed by atoms with Crippen LogP contribution < -0.4 is 21.3 Å². The first-order valence-electron chi connectivity index (χ1n) is 10.9. The van der Waals surface area contributed by atoms with Gasteiger partial charge in [0.05, 0.1) is 42.2 Å². The van der Waals surface area contributed by atoms with Crippen molar-refractivity contribution in [3.05, 3.63) is 55.6 Å². The van der Waals surface area contributed by atoms with Gasteiger partial charge in [0.15, 0.2) is 11.6 Å². The molecule has 4 rings (SSSR count). The first-order valence-corrected chi connectivity index (χ1v) is 11.7. The quantitative estimate of drug-likeness (QED) is 0.690. The Balaban J connectivity index is 1.84. The number of rotatable bonds is 5. The van der Waals surface area contributed by atoms with Crippen molar-refractivity contribution in [1.29, 1.82) is 10.5 Å². The van der Waals surface area contributed by atoms with Crippen molar-refractivity contribution in [2.24, 2.45) is 0 Å². The molecule has 1 aromatic heterocycles. The van der Waals surface area contributed by atoms with Crippen LogP contribution in [0.1, 0.15) is 53.8 Å². The number of thioether (sulfide) groups is 1. The summed E-state index contributed by atoms with van der Waals surface area (Å²) in [5, 5.41) is 21.0. The molecule has 1 aromatic carbocycles. The minimum Gasteiger partial charge on any atom is -0.494 e. The molecular weight excluding hydrogens is 461 g/mol. The lowest BCUT2D eigenvalue weighted by Crippen LogP contribution is -2.44. The number of carbonyl (C=O) groups excluding carboxylic acids is 1. The van der Waals surface area contributed by atoms with Gasteiger partial charge in [-0.05, 0) is 30.5 Å². The van der Waals surface area contributed by atoms with Gasteiger partial charge in [0, 0.05) is 36.9 Å². The van der Waals surface area contributed by atoms with Gasteiger partial charge in [-0.3, -0.25) is 18.7 Å². The zero-order valence-electron chi connectivity index (χ0n) is 18.5. The van der Waals surface area contributed by atoms with Gasteiger partial charge in [0.1, 0.15) is 0 Å². The third-order valence-corrected chi connectivity index (χ3v) is 7.49. The molecule has 34 heavy (non-hydrogen) atoms. The molecule has 0 radical (unpaired) electrons. The molecule has 0 bridgehead atoms. The zero-order valence-corrected chi connectivity index (χ0v) is 19.3. The average molecular weight is 484 g/mol. The van der Waals surface area contributed by atoms with E-state index in [1.165, 1.54) is 29.5 Å². The zero-order chi connectivity index (χ0) is 24.4. The van der Waals surface area contributed by atoms with Gasteiger partial charge < -0.3 is 10.1 Å². The summed E-state index contributed by atoms with van der Waals surface area (Å²) < 4.78 is 21.8. The smallest absolute Gasteiger partial charge is 0.331 e. The Bertz CT molecular complexity index is 1350. The molecule has 2 aromatic rings. The van der Waals surface area contributed by atoms with Crippen molar-refractivity contribution in [2.75, 3.05) is 13.7 Å². The number of nitriles is 2. The van der Waals surface area contributed by atoms with Crippen LogP contribution in [0, 0.1) is 28.5 Å². The fraction of sp³-hybridized carbons (Fsp3) is 0.435. The Hall–Kier alpha value is -3.57. The lowest BCUT2D eigenvalue weighted by Gasteiger charge is -2.19. The molecule has 9 nitrogen and oxygen atoms in total. The fourth-order valence-corrected chi connectivity index (χ4v) is 5.90. The highest BCUT2D eigenvalue weighted by atomic mass is 32.2. The van der Waals surface area contributed by atoms with Gasteiger partial charge >= 0.3 is 5.69 Å². The summed E-state index contributed by atoms with van der Waals surface area (Å²) >= 11 is 1.21. The third-order valence-electron chi connectivity index (χ3n) is 6.14. The number of nitrogens with one attached hydrogen (secondary N) is 1. The molecule has 1 fully saturated rings. The minimum absolute atomic E-state index is 0.0192. The van der Waals surface area contributed by atoms with Crippen LogP contribution in [0.2, 0.25) is 0 Å². The highest BCUT2D eigenvalue weighted by molar-refractivity contribution is 7.99. The summed E-state index contributed by atoms with van der Waals surface area (Å²) in [6, 6.07) is 5.99. The molecule has 1 N–H and O–H groups in total. The maximum absolute atomic E-state index is 14.2. The molecule has 11 heteroatoms. The summed E-state index contributed by atoms with van der Waals surface area (Å²) in [4.78, 5) is 39.4. The standard InChI is InChI=1S/C23H22FN5O4S/c1-33-18-10-15(13(12-26)8-16(18)24)19-11-17-21(34-19)22(31)29(23(32)28(17)7-3-5-25)14-4-2-6-27-20(30)9-14/h8,10,14,19H,2-4,6-7,9,11H2,1H3,(H,27,30)/t14-,19?/m1/s1. The number of aromatic nitrogens is 2. The van der Waals surface area contributed by atoms with Crippen LogP contribution in [0.25, 0.3) is 0 Å². The predicted octanol–water partition coefficient (Wildman–Crippen LogP) is 2.17. The van der Waals surface area contributed by atoms with Gasteiger partial charge in [-0.2, -0.15) is 10.5 Å². The molecule has 176 valence electrons. The molecule has 3 heterocycles. The van der Waals surface area contributed by atoms with Gasteiger partial charge in [0.25, 0.3) is 5.56 Å². The Labute approximate surface area is 198 Å². The number of hydrogen-bond donors (Lipinski definition) is 1. The highest BCUT2D eigenvalue weighted by Gasteiger charge is 2.35. The normalized spacial score (nSPS) is 19.5. The SMILES string of the molecule is COc1cc(C2Cc3c(c(=O)n([C@@H]4CCCNC(=O)C4)c(=O)n3CCC#N)S2)c(C#N)cc1F. The Morgan fingerprint density at radius 2 is 2.06 bits per heavy atom. The van der Waals surface area contributed by atoms with Gasteiger partial charge in [-0.25, -0.2) is 9.18 Å². The van der Waals surface area contributed by atoms with Crippen LogP contribution in [-0.2, 0) is 17.8 Å². The highest BCUT2D eigenvalue weighted by Crippen LogP contribution is 2.46. The average Bonchev–Trinajstić information content (AvgIpc) is 3.15. The van der Waals surface area contributed by atoms with E-state index >= 15 is 0 Å². The lowest BCUT2D eigenvalue weighted by atomic mass is 10.0. The van der Waals surface area contributed by atoms with Gasteiger partial charge in [-0.15, -0.1) is 11.8 Å². The summed E-state index contributed by atoms with van der Waals surface area (Å²) in [6.45, 7) is 0.583. The Morgan fingerprint density at radius 1 is 1.26 bits per heavy atom. The van der Waals surface area contributed by atoms with Crippen molar-refractivity contribution in [2.45, 2.75) is 54.8 Å². The second kappa shape index (κ2) is 9.74. The van der Waals surface area contributed by atoms with E-state index in [1.807, 2.05) is 12.1 Å². The molecular formula is C23H22FN5O4S. The molecule has 1 unspecified atom stereocenters. The van der Waals surface area contributed by atoms with Crippen LogP contribution in [0.5, 0.6) is 5.75 Å². The van der Waals surface area contributed by atoms with Crippen molar-refractivity contribution < 1.29 is 13.9 Å². The molecule has 1 amide bonds. The molecule has 0 saturated carbocycles. The van der Waals surface area contributed by atoms with E-state index < -0.39 is 28.4 Å². The van der Waals surface area contributed by atoms with E-state index in [0.29, 0.717) is 35.5 Å². The van der Waals surface area contributed by atoms with Crippen LogP contribution in [0.4, 0.5) is 4.39 Å². The monoisotopic (exact) mass is 483 g/mol. The fourth-order valence-electron chi connectivity index (χ4n) is 4.52. The van der Waals surface area contributed by atoms with E-state index in [9.17, 15) is 24.0 Å². The third kappa shape index (κ3) is 4.19. The van der Waals surface area contributed by atoms with Crippen LogP contribution in [-0.4, -0.2) is 28.7 Å². The summed E-state index contributed by atoms with van der Waals surface area (Å²) in [7, 11) is 1.33. The van der Waals surface area contributed by atoms with E-state index in [2.05, 4.69) is 5.32 Å². The molecule has 2 atom stereocenters. The first kappa shape index (κ1) is 23.6. The molecule has 2 aliphatic heterocycles. The van der Waals surface area contributed by atoms with Crippen LogP contribution >= 0.6 is 11.8 Å². The molecule has 1 saturated heterocycles. The van der Waals surface area contributed by atoms with Crippen LogP contribution in [0.3, 0.4) is 0 Å². The number of carbonyl (C=O) groups is 1. The maximum Gasteiger partial charge on any atom is 0.331 e. The number of ether oxygens (including phenoxy) is 1. The number of amides is 1. The number of nitrogens with zero attached hydrogens (tertiary/aromatic N) is 4. The largest absolute Gasteiger partial charge is 0.494 e. The van der Waals surface area contributed by atoms with Gasteiger partial charge in [0.2, 0.25) is 5.91 Å². The summed E-state index contributed by atoms with van der Waals surface area (Å²) in [5.41, 5.74) is 0.0863. The Morgan fingerprint density at radius 3 is 2.76 bits per heavy atom. The van der Waals surface area contributed by atoms with Crippen molar-refractivity contribution in [1.82, 2.24) is 14.5 Å². The molecule has 0 spiro atoms. The minimum atomic E-state index is -0.664. The van der Waals surface area contributed by atoms with Crippen molar-refractivity contribution in [3.63, 3.8) is 0 Å². The van der Waals surface area contributed by atoms with Crippen molar-refractivity contribution in [3.8, 4) is 17.9 Å². The molecule has 2 aliphatic rings. The topological polar surface area (TPSA) is 130 Å². The summed E-state index contributed by atoms with van der Waals surface area (Å²) in [6.07, 6.45) is 1.47. The van der Waals surface area contributed by atoms with E-state index in [1.54, 1.807) is 0 Å². The van der Waals surface area contributed by atoms with Crippen molar-refractivity contribution >= 4 is 17.7 Å². The first-order chi connectivity index (χ1) is 16.4. The number of hydrogen-bond acceptors (Lipinski definition) is 7. The predicted molar refractivity (Wildman–Crippen MR) is 121 cm³/mol.